The highest BCUT2D eigenvalue weighted by molar-refractivity contribution is 5.85. The summed E-state index contributed by atoms with van der Waals surface area (Å²) in [6.07, 6.45) is -6.93. The average molecular weight is 330 g/mol. The number of imidazole rings is 1. The highest BCUT2D eigenvalue weighted by atomic mass is 19.3. The predicted molar refractivity (Wildman–Crippen MR) is 72.0 cm³/mol. The van der Waals surface area contributed by atoms with Crippen LogP contribution in [0.15, 0.2) is 29.5 Å². The molecule has 0 unspecified atom stereocenters. The molecule has 1 aliphatic heterocycles. The smallest absolute Gasteiger partial charge is 0.421 e. The molecule has 1 aliphatic rings. The number of rotatable bonds is 2. The number of nitrogen functional groups attached to an aromatic ring is 1. The molecule has 0 spiro atoms. The second-order valence-electron chi connectivity index (χ2n) is 4.74. The first kappa shape index (κ1) is 15.1. The van der Waals surface area contributed by atoms with Gasteiger partial charge in [0, 0.05) is 5.56 Å². The molecule has 6 nitrogen and oxygen atoms in total. The number of halogens is 4. The van der Waals surface area contributed by atoms with Crippen LogP contribution in [0.2, 0.25) is 0 Å². The van der Waals surface area contributed by atoms with Crippen LogP contribution in [-0.2, 0) is 0 Å². The standard InChI is InChI=1S/C13H10F4N4O2/c1-7-6-21(11(18)20-7)19-5-8-3-2-4-9-10(8)23-13(16,17)12(14,15)22-9/h2-6H,1H3,(H2,18,20). The molecular weight excluding hydrogens is 320 g/mol. The number of nitrogens with two attached hydrogens (primary N) is 1. The molecule has 0 atom stereocenters. The van der Waals surface area contributed by atoms with E-state index in [1.807, 2.05) is 0 Å². The lowest BCUT2D eigenvalue weighted by Crippen LogP contribution is -2.52. The Morgan fingerprint density at radius 1 is 1.22 bits per heavy atom. The first-order chi connectivity index (χ1) is 10.7. The molecule has 0 radical (unpaired) electrons. The van der Waals surface area contributed by atoms with Crippen molar-refractivity contribution in [1.29, 1.82) is 0 Å². The zero-order valence-electron chi connectivity index (χ0n) is 11.6. The van der Waals surface area contributed by atoms with E-state index in [0.717, 1.165) is 12.3 Å². The Balaban J connectivity index is 1.99. The number of fused-ring (bicyclic) bond motifs is 1. The number of nitrogens with zero attached hydrogens (tertiary/aromatic N) is 3. The maximum absolute atomic E-state index is 13.3. The van der Waals surface area contributed by atoms with E-state index in [4.69, 9.17) is 5.73 Å². The van der Waals surface area contributed by atoms with Crippen LogP contribution in [0.5, 0.6) is 11.5 Å². The van der Waals surface area contributed by atoms with Crippen molar-refractivity contribution >= 4 is 12.2 Å². The summed E-state index contributed by atoms with van der Waals surface area (Å²) >= 11 is 0. The van der Waals surface area contributed by atoms with Crippen LogP contribution in [0.3, 0.4) is 0 Å². The van der Waals surface area contributed by atoms with Gasteiger partial charge in [0.1, 0.15) is 0 Å². The lowest BCUT2D eigenvalue weighted by Gasteiger charge is -2.32. The second kappa shape index (κ2) is 4.86. The summed E-state index contributed by atoms with van der Waals surface area (Å²) < 4.78 is 62.2. The summed E-state index contributed by atoms with van der Waals surface area (Å²) in [5.74, 6) is -0.972. The quantitative estimate of drug-likeness (QED) is 0.678. The van der Waals surface area contributed by atoms with Crippen LogP contribution < -0.4 is 15.2 Å². The maximum Gasteiger partial charge on any atom is 0.507 e. The van der Waals surface area contributed by atoms with Gasteiger partial charge in [0.2, 0.25) is 5.95 Å². The number of alkyl halides is 4. The van der Waals surface area contributed by atoms with Crippen LogP contribution in [0.1, 0.15) is 11.3 Å². The van der Waals surface area contributed by atoms with Crippen molar-refractivity contribution in [2.75, 3.05) is 5.73 Å². The predicted octanol–water partition coefficient (Wildman–Crippen LogP) is 2.61. The molecule has 0 bridgehead atoms. The Bertz CT molecular complexity index is 788. The summed E-state index contributed by atoms with van der Waals surface area (Å²) in [5, 5.41) is 3.93. The number of aryl methyl sites for hydroxylation is 1. The minimum atomic E-state index is -4.80. The second-order valence-corrected chi connectivity index (χ2v) is 4.74. The van der Waals surface area contributed by atoms with Crippen molar-refractivity contribution in [2.24, 2.45) is 5.10 Å². The van der Waals surface area contributed by atoms with Crippen molar-refractivity contribution in [3.8, 4) is 11.5 Å². The molecule has 2 N–H and O–H groups in total. The van der Waals surface area contributed by atoms with Crippen molar-refractivity contribution in [2.45, 2.75) is 19.1 Å². The molecule has 1 aromatic heterocycles. The first-order valence-electron chi connectivity index (χ1n) is 6.32. The van der Waals surface area contributed by atoms with Gasteiger partial charge in [-0.2, -0.15) is 22.7 Å². The van der Waals surface area contributed by atoms with Crippen LogP contribution in [-0.4, -0.2) is 28.1 Å². The summed E-state index contributed by atoms with van der Waals surface area (Å²) in [6, 6.07) is 3.78. The largest absolute Gasteiger partial charge is 0.507 e. The van der Waals surface area contributed by atoms with Gasteiger partial charge >= 0.3 is 12.2 Å². The SMILES string of the molecule is Cc1cn(N=Cc2cccc3c2OC(F)(F)C(F)(F)O3)c(N)n1. The Labute approximate surface area is 127 Å². The van der Waals surface area contributed by atoms with E-state index in [1.165, 1.54) is 23.0 Å². The summed E-state index contributed by atoms with van der Waals surface area (Å²) in [4.78, 5) is 3.90. The van der Waals surface area contributed by atoms with Crippen molar-refractivity contribution in [3.63, 3.8) is 0 Å². The zero-order valence-corrected chi connectivity index (χ0v) is 11.6. The molecular formula is C13H10F4N4O2. The molecule has 1 aromatic carbocycles. The molecule has 0 fully saturated rings. The topological polar surface area (TPSA) is 74.7 Å². The molecule has 10 heteroatoms. The fourth-order valence-corrected chi connectivity index (χ4v) is 1.93. The molecule has 0 amide bonds. The van der Waals surface area contributed by atoms with Crippen LogP contribution in [0.25, 0.3) is 0 Å². The number of aromatic nitrogens is 2. The monoisotopic (exact) mass is 330 g/mol. The number of anilines is 1. The Kier molecular flexibility index (Phi) is 3.20. The molecule has 3 rings (SSSR count). The number of hydrogen-bond donors (Lipinski definition) is 1. The first-order valence-corrected chi connectivity index (χ1v) is 6.32. The summed E-state index contributed by atoms with van der Waals surface area (Å²) in [5.41, 5.74) is 6.20. The minimum absolute atomic E-state index is 0.0171. The highest BCUT2D eigenvalue weighted by Crippen LogP contribution is 2.47. The molecule has 0 aliphatic carbocycles. The van der Waals surface area contributed by atoms with E-state index >= 15 is 0 Å². The zero-order chi connectivity index (χ0) is 16.8. The summed E-state index contributed by atoms with van der Waals surface area (Å²) in [6.45, 7) is 1.69. The molecule has 0 saturated heterocycles. The van der Waals surface area contributed by atoms with Gasteiger partial charge in [0.25, 0.3) is 0 Å². The van der Waals surface area contributed by atoms with Gasteiger partial charge in [-0.3, -0.25) is 0 Å². The highest BCUT2D eigenvalue weighted by Gasteiger charge is 2.66. The van der Waals surface area contributed by atoms with Crippen LogP contribution in [0.4, 0.5) is 23.5 Å². The van der Waals surface area contributed by atoms with Crippen LogP contribution in [0, 0.1) is 6.92 Å². The van der Waals surface area contributed by atoms with Gasteiger partial charge < -0.3 is 15.2 Å². The van der Waals surface area contributed by atoms with E-state index in [1.54, 1.807) is 6.92 Å². The maximum atomic E-state index is 13.3. The third kappa shape index (κ3) is 2.56. The van der Waals surface area contributed by atoms with E-state index in [9.17, 15) is 17.6 Å². The van der Waals surface area contributed by atoms with E-state index in [0.29, 0.717) is 5.69 Å². The number of ether oxygens (including phenoxy) is 2. The fourth-order valence-electron chi connectivity index (χ4n) is 1.93. The van der Waals surface area contributed by atoms with Gasteiger partial charge in [-0.05, 0) is 19.1 Å². The van der Waals surface area contributed by atoms with E-state index in [2.05, 4.69) is 19.6 Å². The van der Waals surface area contributed by atoms with Gasteiger partial charge in [-0.15, -0.1) is 0 Å². The van der Waals surface area contributed by atoms with Gasteiger partial charge in [-0.1, -0.05) is 6.07 Å². The van der Waals surface area contributed by atoms with E-state index < -0.39 is 23.7 Å². The number of hydrogen-bond acceptors (Lipinski definition) is 5. The Morgan fingerprint density at radius 3 is 2.57 bits per heavy atom. The lowest BCUT2D eigenvalue weighted by molar-refractivity contribution is -0.391. The lowest BCUT2D eigenvalue weighted by atomic mass is 10.2. The molecule has 2 heterocycles. The molecule has 122 valence electrons. The van der Waals surface area contributed by atoms with Crippen molar-refractivity contribution in [3.05, 3.63) is 35.7 Å². The molecule has 23 heavy (non-hydrogen) atoms. The normalized spacial score (nSPS) is 18.3. The Morgan fingerprint density at radius 2 is 1.91 bits per heavy atom. The third-order valence-corrected chi connectivity index (χ3v) is 2.97. The van der Waals surface area contributed by atoms with Gasteiger partial charge in [-0.25, -0.2) is 9.66 Å². The molecule has 0 saturated carbocycles. The van der Waals surface area contributed by atoms with Crippen LogP contribution >= 0.6 is 0 Å². The average Bonchev–Trinajstić information content (AvgIpc) is 2.75. The Hall–Kier alpha value is -2.78. The number of para-hydroxylation sites is 1. The third-order valence-electron chi connectivity index (χ3n) is 2.97. The van der Waals surface area contributed by atoms with E-state index in [-0.39, 0.29) is 11.5 Å². The number of benzene rings is 1. The van der Waals surface area contributed by atoms with Gasteiger partial charge in [0.15, 0.2) is 11.5 Å². The van der Waals surface area contributed by atoms with Crippen molar-refractivity contribution in [1.82, 2.24) is 9.66 Å². The van der Waals surface area contributed by atoms with Crippen molar-refractivity contribution < 1.29 is 27.0 Å². The summed E-state index contributed by atoms with van der Waals surface area (Å²) in [7, 11) is 0. The minimum Gasteiger partial charge on any atom is -0.421 e. The molecule has 2 aromatic rings. The fraction of sp³-hybridized carbons (Fsp3) is 0.231. The van der Waals surface area contributed by atoms with Gasteiger partial charge in [0.05, 0.1) is 18.1 Å².